The van der Waals surface area contributed by atoms with Gasteiger partial charge in [0.1, 0.15) is 6.29 Å². The van der Waals surface area contributed by atoms with Crippen LogP contribution in [0.4, 0.5) is 0 Å². The van der Waals surface area contributed by atoms with Gasteiger partial charge in [-0.05, 0) is 7.05 Å². The van der Waals surface area contributed by atoms with Gasteiger partial charge in [0.15, 0.2) is 0 Å². The summed E-state index contributed by atoms with van der Waals surface area (Å²) in [6.07, 6.45) is 0.943. The third-order valence-electron chi connectivity index (χ3n) is 1.75. The third kappa shape index (κ3) is 1.50. The minimum absolute atomic E-state index is 0.562. The smallest absolute Gasteiger partial charge is 0.133 e. The SMILES string of the molecule is CN(CC=O)C1CNC1. The highest BCUT2D eigenvalue weighted by atomic mass is 16.1. The highest BCUT2D eigenvalue weighted by Gasteiger charge is 2.20. The van der Waals surface area contributed by atoms with Crippen LogP contribution in [-0.4, -0.2) is 43.9 Å². The molecule has 1 saturated heterocycles. The van der Waals surface area contributed by atoms with Crippen molar-refractivity contribution in [2.24, 2.45) is 0 Å². The van der Waals surface area contributed by atoms with Gasteiger partial charge >= 0.3 is 0 Å². The summed E-state index contributed by atoms with van der Waals surface area (Å²) in [5, 5.41) is 3.14. The van der Waals surface area contributed by atoms with Crippen molar-refractivity contribution in [3.8, 4) is 0 Å². The Kier molecular flexibility index (Phi) is 2.19. The van der Waals surface area contributed by atoms with Gasteiger partial charge in [-0.25, -0.2) is 0 Å². The Bertz CT molecular complexity index is 101. The molecule has 0 spiro atoms. The Morgan fingerprint density at radius 2 is 2.44 bits per heavy atom. The molecular weight excluding hydrogens is 116 g/mol. The predicted octanol–water partition coefficient (Wildman–Crippen LogP) is -0.911. The van der Waals surface area contributed by atoms with Gasteiger partial charge in [0.2, 0.25) is 0 Å². The first-order valence-electron chi connectivity index (χ1n) is 3.19. The van der Waals surface area contributed by atoms with Crippen LogP contribution in [-0.2, 0) is 4.79 Å². The summed E-state index contributed by atoms with van der Waals surface area (Å²) in [6.45, 7) is 2.63. The lowest BCUT2D eigenvalue weighted by molar-refractivity contribution is -0.109. The molecule has 3 nitrogen and oxygen atoms in total. The average molecular weight is 128 g/mol. The van der Waals surface area contributed by atoms with E-state index < -0.39 is 0 Å². The Hall–Kier alpha value is -0.410. The van der Waals surface area contributed by atoms with E-state index in [4.69, 9.17) is 0 Å². The third-order valence-corrected chi connectivity index (χ3v) is 1.75. The molecule has 0 radical (unpaired) electrons. The summed E-state index contributed by atoms with van der Waals surface area (Å²) < 4.78 is 0. The Balaban J connectivity index is 2.15. The predicted molar refractivity (Wildman–Crippen MR) is 35.4 cm³/mol. The maximum absolute atomic E-state index is 10.00. The second-order valence-electron chi connectivity index (χ2n) is 2.42. The lowest BCUT2D eigenvalue weighted by Gasteiger charge is -2.34. The van der Waals surface area contributed by atoms with Gasteiger partial charge in [0, 0.05) is 19.1 Å². The van der Waals surface area contributed by atoms with Crippen LogP contribution < -0.4 is 5.32 Å². The highest BCUT2D eigenvalue weighted by Crippen LogP contribution is 1.99. The summed E-state index contributed by atoms with van der Waals surface area (Å²) >= 11 is 0. The van der Waals surface area contributed by atoms with Crippen molar-refractivity contribution in [2.75, 3.05) is 26.7 Å². The number of likely N-dealkylation sites (N-methyl/N-ethyl adjacent to an activating group) is 1. The van der Waals surface area contributed by atoms with Gasteiger partial charge in [-0.1, -0.05) is 0 Å². The summed E-state index contributed by atoms with van der Waals surface area (Å²) in [5.41, 5.74) is 0. The van der Waals surface area contributed by atoms with Crippen molar-refractivity contribution in [1.29, 1.82) is 0 Å². The van der Waals surface area contributed by atoms with Crippen molar-refractivity contribution in [3.05, 3.63) is 0 Å². The van der Waals surface area contributed by atoms with Crippen LogP contribution in [0.3, 0.4) is 0 Å². The standard InChI is InChI=1S/C6H12N2O/c1-8(2-3-9)6-4-7-5-6/h3,6-7H,2,4-5H2,1H3. The quantitative estimate of drug-likeness (QED) is 0.499. The van der Waals surface area contributed by atoms with Crippen LogP contribution in [0.15, 0.2) is 0 Å². The first kappa shape index (κ1) is 6.71. The van der Waals surface area contributed by atoms with Gasteiger partial charge in [0.05, 0.1) is 6.54 Å². The minimum Gasteiger partial charge on any atom is -0.314 e. The zero-order chi connectivity index (χ0) is 6.69. The van der Waals surface area contributed by atoms with Crippen LogP contribution in [0.1, 0.15) is 0 Å². The zero-order valence-electron chi connectivity index (χ0n) is 5.63. The number of carbonyl (C=O) groups excluding carboxylic acids is 1. The number of hydrogen-bond acceptors (Lipinski definition) is 3. The average Bonchev–Trinajstić information content (AvgIpc) is 1.60. The second-order valence-corrected chi connectivity index (χ2v) is 2.42. The molecule has 9 heavy (non-hydrogen) atoms. The van der Waals surface area contributed by atoms with E-state index in [0.717, 1.165) is 19.4 Å². The molecule has 52 valence electrons. The molecule has 0 aromatic heterocycles. The van der Waals surface area contributed by atoms with Gasteiger partial charge in [-0.2, -0.15) is 0 Å². The molecule has 0 amide bonds. The summed E-state index contributed by atoms with van der Waals surface area (Å²) in [6, 6.07) is 0.593. The van der Waals surface area contributed by atoms with Gasteiger partial charge in [-0.3, -0.25) is 4.90 Å². The molecule has 1 rings (SSSR count). The van der Waals surface area contributed by atoms with E-state index in [9.17, 15) is 4.79 Å². The molecule has 0 aromatic rings. The van der Waals surface area contributed by atoms with E-state index in [2.05, 4.69) is 10.2 Å². The second kappa shape index (κ2) is 2.94. The Morgan fingerprint density at radius 3 is 2.78 bits per heavy atom. The lowest BCUT2D eigenvalue weighted by atomic mass is 10.1. The van der Waals surface area contributed by atoms with Crippen molar-refractivity contribution < 1.29 is 4.79 Å². The molecule has 0 bridgehead atoms. The van der Waals surface area contributed by atoms with Crippen molar-refractivity contribution in [1.82, 2.24) is 10.2 Å². The number of carbonyl (C=O) groups is 1. The topological polar surface area (TPSA) is 32.3 Å². The summed E-state index contributed by atoms with van der Waals surface area (Å²) in [4.78, 5) is 12.1. The maximum atomic E-state index is 10.00. The number of aldehydes is 1. The molecule has 1 heterocycles. The molecule has 0 aliphatic carbocycles. The van der Waals surface area contributed by atoms with Crippen LogP contribution in [0.2, 0.25) is 0 Å². The fourth-order valence-corrected chi connectivity index (χ4v) is 0.852. The normalized spacial score (nSPS) is 19.8. The van der Waals surface area contributed by atoms with Crippen LogP contribution in [0, 0.1) is 0 Å². The molecule has 1 aliphatic rings. The largest absolute Gasteiger partial charge is 0.314 e. The van der Waals surface area contributed by atoms with E-state index in [0.29, 0.717) is 12.6 Å². The van der Waals surface area contributed by atoms with Gasteiger partial charge in [0.25, 0.3) is 0 Å². The number of rotatable bonds is 3. The monoisotopic (exact) mass is 128 g/mol. The Morgan fingerprint density at radius 1 is 1.78 bits per heavy atom. The zero-order valence-corrected chi connectivity index (χ0v) is 5.63. The molecule has 0 aromatic carbocycles. The Labute approximate surface area is 55.0 Å². The first-order valence-corrected chi connectivity index (χ1v) is 3.19. The minimum atomic E-state index is 0.562. The molecular formula is C6H12N2O. The fourth-order valence-electron chi connectivity index (χ4n) is 0.852. The van der Waals surface area contributed by atoms with E-state index in [1.54, 1.807) is 0 Å². The van der Waals surface area contributed by atoms with Crippen LogP contribution in [0.25, 0.3) is 0 Å². The summed E-state index contributed by atoms with van der Waals surface area (Å²) in [5.74, 6) is 0. The number of nitrogens with one attached hydrogen (secondary N) is 1. The molecule has 1 fully saturated rings. The molecule has 1 N–H and O–H groups in total. The first-order chi connectivity index (χ1) is 4.34. The van der Waals surface area contributed by atoms with E-state index in [-0.39, 0.29) is 0 Å². The maximum Gasteiger partial charge on any atom is 0.133 e. The van der Waals surface area contributed by atoms with E-state index in [1.165, 1.54) is 0 Å². The van der Waals surface area contributed by atoms with Crippen molar-refractivity contribution in [2.45, 2.75) is 6.04 Å². The van der Waals surface area contributed by atoms with Crippen molar-refractivity contribution in [3.63, 3.8) is 0 Å². The van der Waals surface area contributed by atoms with E-state index in [1.807, 2.05) is 7.05 Å². The van der Waals surface area contributed by atoms with Crippen LogP contribution in [0.5, 0.6) is 0 Å². The number of hydrogen-bond donors (Lipinski definition) is 1. The number of nitrogens with zero attached hydrogens (tertiary/aromatic N) is 1. The van der Waals surface area contributed by atoms with Crippen LogP contribution >= 0.6 is 0 Å². The molecule has 0 unspecified atom stereocenters. The van der Waals surface area contributed by atoms with E-state index >= 15 is 0 Å². The van der Waals surface area contributed by atoms with Gasteiger partial charge < -0.3 is 10.1 Å². The molecule has 1 aliphatic heterocycles. The fraction of sp³-hybridized carbons (Fsp3) is 0.833. The van der Waals surface area contributed by atoms with Gasteiger partial charge in [-0.15, -0.1) is 0 Å². The summed E-state index contributed by atoms with van der Waals surface area (Å²) in [7, 11) is 1.97. The molecule has 3 heteroatoms. The molecule has 0 saturated carbocycles. The molecule has 0 atom stereocenters. The lowest BCUT2D eigenvalue weighted by Crippen LogP contribution is -2.56. The van der Waals surface area contributed by atoms with Crippen molar-refractivity contribution >= 4 is 6.29 Å². The highest BCUT2D eigenvalue weighted by molar-refractivity contribution is 5.52.